The number of pyridine rings is 1. The van der Waals surface area contributed by atoms with Gasteiger partial charge in [0.15, 0.2) is 0 Å². The van der Waals surface area contributed by atoms with Gasteiger partial charge in [-0.25, -0.2) is 9.67 Å². The van der Waals surface area contributed by atoms with Gasteiger partial charge in [-0.2, -0.15) is 10.2 Å². The summed E-state index contributed by atoms with van der Waals surface area (Å²) in [4.78, 5) is 4.29. The molecule has 0 saturated heterocycles. The van der Waals surface area contributed by atoms with E-state index in [-0.39, 0.29) is 0 Å². The zero-order valence-corrected chi connectivity index (χ0v) is 12.8. The van der Waals surface area contributed by atoms with Gasteiger partial charge in [0.25, 0.3) is 0 Å². The van der Waals surface area contributed by atoms with E-state index in [0.29, 0.717) is 19.1 Å². The Bertz CT molecular complexity index is 793. The minimum absolute atomic E-state index is 0.588. The maximum Gasteiger partial charge on any atom is 0.213 e. The third-order valence-electron chi connectivity index (χ3n) is 4.02. The number of H-pyrrole nitrogens is 1. The summed E-state index contributed by atoms with van der Waals surface area (Å²) < 4.78 is 12.7. The molecule has 0 saturated carbocycles. The summed E-state index contributed by atoms with van der Waals surface area (Å²) in [5, 5.41) is 11.7. The van der Waals surface area contributed by atoms with Crippen LogP contribution in [-0.2, 0) is 17.6 Å². The van der Waals surface area contributed by atoms with E-state index in [1.165, 1.54) is 11.3 Å². The molecule has 3 aromatic rings. The fourth-order valence-electron chi connectivity index (χ4n) is 2.89. The van der Waals surface area contributed by atoms with Gasteiger partial charge in [-0.3, -0.25) is 5.10 Å². The molecule has 7 nitrogen and oxygen atoms in total. The molecule has 118 valence electrons. The summed E-state index contributed by atoms with van der Waals surface area (Å²) in [6.07, 6.45) is 7.11. The van der Waals surface area contributed by atoms with E-state index in [1.54, 1.807) is 19.5 Å². The molecule has 0 atom stereocenters. The van der Waals surface area contributed by atoms with E-state index in [9.17, 15) is 0 Å². The minimum atomic E-state index is 0.588. The minimum Gasteiger partial charge on any atom is -0.481 e. The van der Waals surface area contributed by atoms with E-state index in [1.807, 2.05) is 23.0 Å². The number of hydrogen-bond acceptors (Lipinski definition) is 5. The molecular weight excluding hydrogens is 294 g/mol. The van der Waals surface area contributed by atoms with E-state index in [2.05, 4.69) is 15.2 Å². The molecule has 4 heterocycles. The van der Waals surface area contributed by atoms with Gasteiger partial charge in [-0.15, -0.1) is 0 Å². The predicted molar refractivity (Wildman–Crippen MR) is 83.7 cm³/mol. The summed E-state index contributed by atoms with van der Waals surface area (Å²) in [5.41, 5.74) is 5.25. The van der Waals surface area contributed by atoms with Crippen molar-refractivity contribution in [3.8, 4) is 22.8 Å². The predicted octanol–water partition coefficient (Wildman–Crippen LogP) is 1.78. The first-order valence-corrected chi connectivity index (χ1v) is 7.55. The van der Waals surface area contributed by atoms with E-state index in [0.717, 1.165) is 29.8 Å². The van der Waals surface area contributed by atoms with Crippen molar-refractivity contribution in [2.24, 2.45) is 0 Å². The highest BCUT2D eigenvalue weighted by atomic mass is 16.5. The molecule has 7 heteroatoms. The number of nitrogens with zero attached hydrogens (tertiary/aromatic N) is 4. The molecule has 0 radical (unpaired) electrons. The zero-order valence-electron chi connectivity index (χ0n) is 12.8. The van der Waals surface area contributed by atoms with Crippen LogP contribution >= 0.6 is 0 Å². The van der Waals surface area contributed by atoms with Gasteiger partial charge in [0.1, 0.15) is 0 Å². The van der Waals surface area contributed by atoms with Gasteiger partial charge < -0.3 is 9.47 Å². The average Bonchev–Trinajstić information content (AvgIpc) is 3.17. The zero-order chi connectivity index (χ0) is 15.6. The van der Waals surface area contributed by atoms with Crippen LogP contribution in [-0.4, -0.2) is 45.3 Å². The molecule has 0 aromatic carbocycles. The fourth-order valence-corrected chi connectivity index (χ4v) is 2.89. The fraction of sp³-hybridized carbons (Fsp3) is 0.312. The third-order valence-corrected chi connectivity index (χ3v) is 4.02. The summed E-state index contributed by atoms with van der Waals surface area (Å²) in [5.74, 6) is 0.588. The summed E-state index contributed by atoms with van der Waals surface area (Å²) in [7, 11) is 1.61. The smallest absolute Gasteiger partial charge is 0.213 e. The Morgan fingerprint density at radius 1 is 1.22 bits per heavy atom. The first kappa shape index (κ1) is 14.0. The van der Waals surface area contributed by atoms with Crippen LogP contribution in [0.5, 0.6) is 5.88 Å². The highest BCUT2D eigenvalue weighted by molar-refractivity contribution is 5.63. The molecule has 3 aromatic heterocycles. The van der Waals surface area contributed by atoms with Gasteiger partial charge in [0.2, 0.25) is 5.88 Å². The maximum absolute atomic E-state index is 5.63. The number of ether oxygens (including phenoxy) is 2. The Balaban J connectivity index is 1.85. The maximum atomic E-state index is 5.63. The van der Waals surface area contributed by atoms with Crippen LogP contribution in [0.3, 0.4) is 0 Å². The number of rotatable bonds is 3. The van der Waals surface area contributed by atoms with Gasteiger partial charge >= 0.3 is 0 Å². The van der Waals surface area contributed by atoms with E-state index in [4.69, 9.17) is 14.6 Å². The molecule has 4 rings (SSSR count). The second-order valence-corrected chi connectivity index (χ2v) is 5.34. The Morgan fingerprint density at radius 3 is 2.87 bits per heavy atom. The Hall–Kier alpha value is -2.67. The van der Waals surface area contributed by atoms with Crippen molar-refractivity contribution >= 4 is 0 Å². The van der Waals surface area contributed by atoms with E-state index < -0.39 is 0 Å². The molecular formula is C16H17N5O2. The number of nitrogens with one attached hydrogen (secondary N) is 1. The molecule has 0 unspecified atom stereocenters. The molecule has 1 aliphatic heterocycles. The SMILES string of the molecule is COc1ccc(-n2nc(-c3cn[nH]c3)c3c2CCOCC3)cn1. The second-order valence-electron chi connectivity index (χ2n) is 5.34. The topological polar surface area (TPSA) is 77.8 Å². The normalized spacial score (nSPS) is 14.3. The molecule has 0 amide bonds. The molecule has 0 aliphatic carbocycles. The number of aromatic nitrogens is 5. The summed E-state index contributed by atoms with van der Waals surface area (Å²) >= 11 is 0. The average molecular weight is 311 g/mol. The molecule has 0 fully saturated rings. The Labute approximate surface area is 133 Å². The lowest BCUT2D eigenvalue weighted by Gasteiger charge is -2.07. The highest BCUT2D eigenvalue weighted by Gasteiger charge is 2.22. The van der Waals surface area contributed by atoms with Crippen LogP contribution in [0.2, 0.25) is 0 Å². The molecule has 23 heavy (non-hydrogen) atoms. The number of methoxy groups -OCH3 is 1. The number of hydrogen-bond donors (Lipinski definition) is 1. The van der Waals surface area contributed by atoms with Crippen LogP contribution in [0.1, 0.15) is 11.3 Å². The number of fused-ring (bicyclic) bond motifs is 1. The molecule has 0 spiro atoms. The lowest BCUT2D eigenvalue weighted by molar-refractivity contribution is 0.145. The van der Waals surface area contributed by atoms with Crippen LogP contribution in [0.4, 0.5) is 0 Å². The quantitative estimate of drug-likeness (QED) is 0.798. The monoisotopic (exact) mass is 311 g/mol. The van der Waals surface area contributed by atoms with Gasteiger partial charge in [-0.05, 0) is 12.5 Å². The lowest BCUT2D eigenvalue weighted by Crippen LogP contribution is -2.05. The molecule has 1 N–H and O–H groups in total. The van der Waals surface area contributed by atoms with Crippen molar-refractivity contribution in [1.82, 2.24) is 25.0 Å². The third kappa shape index (κ3) is 2.49. The van der Waals surface area contributed by atoms with Crippen molar-refractivity contribution in [1.29, 1.82) is 0 Å². The van der Waals surface area contributed by atoms with Gasteiger partial charge in [-0.1, -0.05) is 0 Å². The second kappa shape index (κ2) is 5.85. The summed E-state index contributed by atoms with van der Waals surface area (Å²) in [6.45, 7) is 1.41. The van der Waals surface area contributed by atoms with Crippen molar-refractivity contribution in [3.05, 3.63) is 42.0 Å². The standard InChI is InChI=1S/C16H17N5O2/c1-22-15-3-2-12(10-17-15)21-14-5-7-23-6-4-13(14)16(20-21)11-8-18-19-9-11/h2-3,8-10H,4-7H2,1H3,(H,18,19). The summed E-state index contributed by atoms with van der Waals surface area (Å²) in [6, 6.07) is 3.80. The van der Waals surface area contributed by atoms with Crippen molar-refractivity contribution < 1.29 is 9.47 Å². The van der Waals surface area contributed by atoms with Gasteiger partial charge in [0.05, 0.1) is 49.8 Å². The molecule has 1 aliphatic rings. The van der Waals surface area contributed by atoms with Crippen molar-refractivity contribution in [2.75, 3.05) is 20.3 Å². The van der Waals surface area contributed by atoms with Crippen molar-refractivity contribution in [3.63, 3.8) is 0 Å². The van der Waals surface area contributed by atoms with E-state index >= 15 is 0 Å². The largest absolute Gasteiger partial charge is 0.481 e. The van der Waals surface area contributed by atoms with Crippen LogP contribution in [0.25, 0.3) is 16.9 Å². The van der Waals surface area contributed by atoms with Crippen LogP contribution in [0, 0.1) is 0 Å². The molecule has 0 bridgehead atoms. The van der Waals surface area contributed by atoms with Crippen molar-refractivity contribution in [2.45, 2.75) is 12.8 Å². The lowest BCUT2D eigenvalue weighted by atomic mass is 10.1. The first-order valence-electron chi connectivity index (χ1n) is 7.55. The van der Waals surface area contributed by atoms with Crippen LogP contribution < -0.4 is 4.74 Å². The Kier molecular flexibility index (Phi) is 3.55. The number of aromatic amines is 1. The van der Waals surface area contributed by atoms with Crippen LogP contribution in [0.15, 0.2) is 30.7 Å². The highest BCUT2D eigenvalue weighted by Crippen LogP contribution is 2.29. The van der Waals surface area contributed by atoms with Gasteiger partial charge in [0, 0.05) is 29.8 Å². The Morgan fingerprint density at radius 2 is 2.13 bits per heavy atom. The first-order chi connectivity index (χ1) is 11.4.